The lowest BCUT2D eigenvalue weighted by atomic mass is 10.1. The zero-order valence-corrected chi connectivity index (χ0v) is 22.6. The molecule has 0 radical (unpaired) electrons. The number of hydrogen-bond acceptors (Lipinski definition) is 6. The van der Waals surface area contributed by atoms with E-state index in [4.69, 9.17) is 15.0 Å². The van der Waals surface area contributed by atoms with Crippen molar-refractivity contribution in [3.8, 4) is 0 Å². The smallest absolute Gasteiger partial charge is 0.330 e. The first-order chi connectivity index (χ1) is 18.5. The van der Waals surface area contributed by atoms with E-state index in [0.717, 1.165) is 25.7 Å². The molecule has 38 heavy (non-hydrogen) atoms. The van der Waals surface area contributed by atoms with Gasteiger partial charge >= 0.3 is 11.7 Å². The number of hydrogen-bond donors (Lipinski definition) is 1. The molecule has 3 atom stereocenters. The van der Waals surface area contributed by atoms with E-state index in [2.05, 4.69) is 58.4 Å². The molecule has 1 saturated heterocycles. The molecule has 1 fully saturated rings. The molecule has 0 unspecified atom stereocenters. The molecule has 0 bridgehead atoms. The van der Waals surface area contributed by atoms with Crippen LogP contribution in [0.15, 0.2) is 57.4 Å². The number of azide groups is 1. The summed E-state index contributed by atoms with van der Waals surface area (Å²) in [5, 5.41) is 3.73. The van der Waals surface area contributed by atoms with E-state index in [0.29, 0.717) is 18.4 Å². The van der Waals surface area contributed by atoms with Crippen molar-refractivity contribution in [2.24, 2.45) is 5.11 Å². The van der Waals surface area contributed by atoms with Gasteiger partial charge in [0.25, 0.3) is 5.56 Å². The van der Waals surface area contributed by atoms with Crippen LogP contribution in [0.25, 0.3) is 10.4 Å². The number of ether oxygens (including phenoxy) is 2. The van der Waals surface area contributed by atoms with E-state index in [1.165, 1.54) is 36.4 Å². The zero-order valence-electron chi connectivity index (χ0n) is 22.6. The summed E-state index contributed by atoms with van der Waals surface area (Å²) < 4.78 is 12.5. The molecule has 208 valence electrons. The van der Waals surface area contributed by atoms with Crippen molar-refractivity contribution in [2.45, 2.75) is 103 Å². The number of nitrogens with zero attached hydrogens (tertiary/aromatic N) is 4. The number of esters is 1. The first kappa shape index (κ1) is 30.9. The van der Waals surface area contributed by atoms with Crippen LogP contribution in [-0.2, 0) is 14.3 Å². The topological polar surface area (TPSA) is 139 Å². The third-order valence-corrected chi connectivity index (χ3v) is 6.29. The third kappa shape index (κ3) is 11.4. The summed E-state index contributed by atoms with van der Waals surface area (Å²) in [5.74, 6) is -0.344. The van der Waals surface area contributed by atoms with Gasteiger partial charge in [0.2, 0.25) is 0 Å². The average molecular weight is 528 g/mol. The summed E-state index contributed by atoms with van der Waals surface area (Å²) in [6.45, 7) is 3.72. The van der Waals surface area contributed by atoms with Crippen LogP contribution in [0.2, 0.25) is 0 Å². The molecule has 1 N–H and O–H groups in total. The Morgan fingerprint density at radius 1 is 1.13 bits per heavy atom. The highest BCUT2D eigenvalue weighted by molar-refractivity contribution is 5.69. The van der Waals surface area contributed by atoms with E-state index in [1.807, 2.05) is 0 Å². The summed E-state index contributed by atoms with van der Waals surface area (Å²) in [5.41, 5.74) is 8.16. The van der Waals surface area contributed by atoms with Gasteiger partial charge in [-0.25, -0.2) is 4.79 Å². The molecule has 1 aliphatic rings. The number of aromatic amines is 1. The number of aromatic nitrogens is 2. The number of rotatable bonds is 17. The Labute approximate surface area is 224 Å². The molecule has 10 heteroatoms. The van der Waals surface area contributed by atoms with Crippen molar-refractivity contribution in [1.82, 2.24) is 9.55 Å². The van der Waals surface area contributed by atoms with Crippen LogP contribution in [0.3, 0.4) is 0 Å². The quantitative estimate of drug-likeness (QED) is 0.0666. The minimum atomic E-state index is -0.731. The van der Waals surface area contributed by atoms with E-state index in [-0.39, 0.29) is 19.0 Å². The first-order valence-electron chi connectivity index (χ1n) is 13.6. The molecule has 0 aliphatic carbocycles. The molecule has 1 aliphatic heterocycles. The van der Waals surface area contributed by atoms with Crippen molar-refractivity contribution in [1.29, 1.82) is 0 Å². The lowest BCUT2D eigenvalue weighted by Gasteiger charge is -2.16. The Balaban J connectivity index is 1.63. The highest BCUT2D eigenvalue weighted by Gasteiger charge is 2.37. The Morgan fingerprint density at radius 2 is 1.79 bits per heavy atom. The maximum atomic E-state index is 12.2. The van der Waals surface area contributed by atoms with Gasteiger partial charge in [0, 0.05) is 29.5 Å². The number of H-pyrrole nitrogens is 1. The van der Waals surface area contributed by atoms with Crippen molar-refractivity contribution < 1.29 is 14.3 Å². The molecule has 1 aromatic heterocycles. The molecule has 10 nitrogen and oxygen atoms in total. The van der Waals surface area contributed by atoms with Crippen LogP contribution < -0.4 is 11.2 Å². The molecule has 0 aromatic carbocycles. The van der Waals surface area contributed by atoms with Gasteiger partial charge in [-0.2, -0.15) is 0 Å². The summed E-state index contributed by atoms with van der Waals surface area (Å²) >= 11 is 0. The maximum absolute atomic E-state index is 12.2. The minimum absolute atomic E-state index is 0.0731. The summed E-state index contributed by atoms with van der Waals surface area (Å²) in [6, 6.07) is -0.599. The van der Waals surface area contributed by atoms with Crippen molar-refractivity contribution in [3.63, 3.8) is 0 Å². The fraction of sp³-hybridized carbons (Fsp3) is 0.607. The zero-order chi connectivity index (χ0) is 27.6. The maximum Gasteiger partial charge on any atom is 0.330 e. The number of unbranched alkanes of at least 4 members (excludes halogenated alkanes) is 5. The molecule has 0 saturated carbocycles. The van der Waals surface area contributed by atoms with Gasteiger partial charge in [-0.3, -0.25) is 19.1 Å². The van der Waals surface area contributed by atoms with Crippen LogP contribution in [-0.4, -0.2) is 34.3 Å². The highest BCUT2D eigenvalue weighted by Crippen LogP contribution is 2.30. The van der Waals surface area contributed by atoms with E-state index >= 15 is 0 Å². The molecule has 1 aromatic rings. The number of aryl methyl sites for hydroxylation is 1. The van der Waals surface area contributed by atoms with Crippen LogP contribution >= 0.6 is 0 Å². The Kier molecular flexibility index (Phi) is 14.6. The normalized spacial score (nSPS) is 19.5. The van der Waals surface area contributed by atoms with Crippen LogP contribution in [0.1, 0.15) is 89.3 Å². The van der Waals surface area contributed by atoms with E-state index < -0.39 is 29.6 Å². The monoisotopic (exact) mass is 527 g/mol. The number of nitrogens with one attached hydrogen (secondary N) is 1. The molecule has 2 rings (SSSR count). The molecular weight excluding hydrogens is 486 g/mol. The summed E-state index contributed by atoms with van der Waals surface area (Å²) in [7, 11) is 0. The number of carbonyl (C=O) groups is 1. The first-order valence-corrected chi connectivity index (χ1v) is 13.6. The molecule has 0 amide bonds. The lowest BCUT2D eigenvalue weighted by molar-refractivity contribution is -0.148. The lowest BCUT2D eigenvalue weighted by Crippen LogP contribution is -2.33. The Bertz CT molecular complexity index is 1110. The van der Waals surface area contributed by atoms with Gasteiger partial charge in [-0.15, -0.1) is 0 Å². The Hall–Kier alpha value is -3.36. The van der Waals surface area contributed by atoms with Crippen molar-refractivity contribution in [2.75, 3.05) is 6.61 Å². The molecule has 2 heterocycles. The molecule has 0 spiro atoms. The average Bonchev–Trinajstić information content (AvgIpc) is 3.29. The second-order valence-corrected chi connectivity index (χ2v) is 9.43. The fourth-order valence-corrected chi connectivity index (χ4v) is 4.09. The predicted molar refractivity (Wildman–Crippen MR) is 148 cm³/mol. The van der Waals surface area contributed by atoms with Crippen LogP contribution in [0.4, 0.5) is 0 Å². The van der Waals surface area contributed by atoms with E-state index in [1.54, 1.807) is 6.92 Å². The second kappa shape index (κ2) is 18.0. The summed E-state index contributed by atoms with van der Waals surface area (Å²) in [4.78, 5) is 41.0. The van der Waals surface area contributed by atoms with Crippen LogP contribution in [0, 0.1) is 6.92 Å². The number of carbonyl (C=O) groups excluding carboxylic acids is 1. The second-order valence-electron chi connectivity index (χ2n) is 9.43. The number of allylic oxidation sites excluding steroid dienone is 6. The predicted octanol–water partition coefficient (Wildman–Crippen LogP) is 5.94. The van der Waals surface area contributed by atoms with Crippen LogP contribution in [0.5, 0.6) is 0 Å². The standard InChI is InChI=1S/C28H41N5O5/c1-3-4-5-6-7-8-9-10-11-12-13-14-15-16-17-18-26(34)37-21-24-23(31-32-29)19-25(38-24)33-20-22(2)27(35)30-28(33)36/h7-8,10-11,13-14,20,23-25H,3-6,9,12,15-19,21H2,1-2H3,(H,30,35,36)/b8-7-,11-10-,14-13-/t23-,24+,25+/m0/s1. The SMILES string of the molecule is CCCCC/C=C\C/C=C\C/C=C\CCCCC(=O)OC[C@H]1O[C@@H](n2cc(C)c(=O)[nH]c2=O)C[C@@H]1N=[N+]=[N-]. The largest absolute Gasteiger partial charge is 0.463 e. The van der Waals surface area contributed by atoms with Gasteiger partial charge in [0.1, 0.15) is 18.9 Å². The minimum Gasteiger partial charge on any atom is -0.463 e. The highest BCUT2D eigenvalue weighted by atomic mass is 16.6. The van der Waals surface area contributed by atoms with Gasteiger partial charge in [-0.05, 0) is 57.4 Å². The van der Waals surface area contributed by atoms with E-state index in [9.17, 15) is 14.4 Å². The van der Waals surface area contributed by atoms with Gasteiger partial charge in [0.05, 0.1) is 6.04 Å². The van der Waals surface area contributed by atoms with Crippen molar-refractivity contribution >= 4 is 5.97 Å². The molecular formula is C28H41N5O5. The Morgan fingerprint density at radius 3 is 2.45 bits per heavy atom. The van der Waals surface area contributed by atoms with Gasteiger partial charge in [-0.1, -0.05) is 61.3 Å². The van der Waals surface area contributed by atoms with Crippen molar-refractivity contribution in [3.05, 3.63) is 79.5 Å². The fourth-order valence-electron chi connectivity index (χ4n) is 4.09. The van der Waals surface area contributed by atoms with Gasteiger partial charge in [0.15, 0.2) is 0 Å². The third-order valence-electron chi connectivity index (χ3n) is 6.29. The van der Waals surface area contributed by atoms with Gasteiger partial charge < -0.3 is 9.47 Å². The summed E-state index contributed by atoms with van der Waals surface area (Å²) in [6.07, 6.45) is 23.0.